The molecule has 0 spiro atoms. The molecule has 0 aromatic carbocycles. The van der Waals surface area contributed by atoms with Gasteiger partial charge in [0.15, 0.2) is 0 Å². The maximum absolute atomic E-state index is 9.20. The summed E-state index contributed by atoms with van der Waals surface area (Å²) in [7, 11) is 0. The summed E-state index contributed by atoms with van der Waals surface area (Å²) in [5.74, 6) is 0. The number of aromatic nitrogens is 1. The van der Waals surface area contributed by atoms with Crippen molar-refractivity contribution in [1.29, 1.82) is 5.26 Å². The first-order valence-electron chi connectivity index (χ1n) is 5.12. The maximum Gasteiger partial charge on any atom is 0.116 e. The second-order valence-corrected chi connectivity index (χ2v) is 4.22. The van der Waals surface area contributed by atoms with Crippen LogP contribution in [-0.2, 0) is 4.74 Å². The van der Waals surface area contributed by atoms with Gasteiger partial charge in [0.1, 0.15) is 16.7 Å². The van der Waals surface area contributed by atoms with Crippen LogP contribution in [0.4, 0.5) is 5.69 Å². The molecule has 2 heterocycles. The standard InChI is InChI=1S/C11H13N3OS/c1-16-11-9(8-12)10(2-3-13-11)14-4-6-15-7-5-14/h2-3H,4-7H2,1H3. The van der Waals surface area contributed by atoms with Gasteiger partial charge in [-0.15, -0.1) is 11.8 Å². The second kappa shape index (κ2) is 5.19. The van der Waals surface area contributed by atoms with E-state index in [4.69, 9.17) is 4.74 Å². The summed E-state index contributed by atoms with van der Waals surface area (Å²) in [6.45, 7) is 3.13. The van der Waals surface area contributed by atoms with Crippen molar-refractivity contribution in [1.82, 2.24) is 4.98 Å². The van der Waals surface area contributed by atoms with Crippen LogP contribution in [0.1, 0.15) is 5.56 Å². The average molecular weight is 235 g/mol. The quantitative estimate of drug-likeness (QED) is 0.727. The molecule has 1 aromatic rings. The number of nitriles is 1. The Balaban J connectivity index is 2.35. The molecule has 84 valence electrons. The van der Waals surface area contributed by atoms with Crippen LogP contribution in [-0.4, -0.2) is 37.5 Å². The lowest BCUT2D eigenvalue weighted by molar-refractivity contribution is 0.122. The summed E-state index contributed by atoms with van der Waals surface area (Å²) in [6, 6.07) is 4.15. The third-order valence-electron chi connectivity index (χ3n) is 2.55. The van der Waals surface area contributed by atoms with Crippen molar-refractivity contribution < 1.29 is 4.74 Å². The van der Waals surface area contributed by atoms with Gasteiger partial charge >= 0.3 is 0 Å². The molecule has 16 heavy (non-hydrogen) atoms. The fraction of sp³-hybridized carbons (Fsp3) is 0.455. The Hall–Kier alpha value is -1.25. The van der Waals surface area contributed by atoms with Crippen molar-refractivity contribution in [3.63, 3.8) is 0 Å². The molecule has 1 saturated heterocycles. The normalized spacial score (nSPS) is 15.9. The van der Waals surface area contributed by atoms with Gasteiger partial charge in [0.05, 0.1) is 18.9 Å². The lowest BCUT2D eigenvalue weighted by atomic mass is 10.2. The number of pyridine rings is 1. The molecule has 1 fully saturated rings. The van der Waals surface area contributed by atoms with E-state index < -0.39 is 0 Å². The molecule has 0 radical (unpaired) electrons. The van der Waals surface area contributed by atoms with Crippen LogP contribution in [0.15, 0.2) is 17.3 Å². The van der Waals surface area contributed by atoms with Crippen LogP contribution in [0.25, 0.3) is 0 Å². The highest BCUT2D eigenvalue weighted by Crippen LogP contribution is 2.27. The Kier molecular flexibility index (Phi) is 3.65. The molecular weight excluding hydrogens is 222 g/mol. The number of rotatable bonds is 2. The van der Waals surface area contributed by atoms with E-state index in [0.29, 0.717) is 5.56 Å². The van der Waals surface area contributed by atoms with Crippen LogP contribution < -0.4 is 4.90 Å². The summed E-state index contributed by atoms with van der Waals surface area (Å²) in [5, 5.41) is 10.00. The number of thioether (sulfide) groups is 1. The van der Waals surface area contributed by atoms with Crippen molar-refractivity contribution in [2.45, 2.75) is 5.03 Å². The first-order valence-corrected chi connectivity index (χ1v) is 6.35. The molecule has 2 rings (SSSR count). The van der Waals surface area contributed by atoms with Crippen LogP contribution >= 0.6 is 11.8 Å². The van der Waals surface area contributed by atoms with Crippen LogP contribution in [0.5, 0.6) is 0 Å². The van der Waals surface area contributed by atoms with E-state index in [2.05, 4.69) is 16.0 Å². The SMILES string of the molecule is CSc1nccc(N2CCOCC2)c1C#N. The molecule has 0 amide bonds. The zero-order valence-corrected chi connectivity index (χ0v) is 9.96. The van der Waals surface area contributed by atoms with E-state index in [9.17, 15) is 5.26 Å². The van der Waals surface area contributed by atoms with Crippen molar-refractivity contribution in [3.05, 3.63) is 17.8 Å². The molecule has 0 saturated carbocycles. The Bertz CT molecular complexity index is 410. The topological polar surface area (TPSA) is 49.2 Å². The molecule has 5 heteroatoms. The van der Waals surface area contributed by atoms with E-state index in [0.717, 1.165) is 37.0 Å². The lowest BCUT2D eigenvalue weighted by Gasteiger charge is -2.29. The summed E-state index contributed by atoms with van der Waals surface area (Å²) in [4.78, 5) is 6.39. The van der Waals surface area contributed by atoms with Gasteiger partial charge in [0.25, 0.3) is 0 Å². The minimum atomic E-state index is 0.678. The van der Waals surface area contributed by atoms with Gasteiger partial charge < -0.3 is 9.64 Å². The summed E-state index contributed by atoms with van der Waals surface area (Å²) in [6.07, 6.45) is 3.70. The monoisotopic (exact) mass is 235 g/mol. The number of anilines is 1. The van der Waals surface area contributed by atoms with Crippen LogP contribution in [0.2, 0.25) is 0 Å². The van der Waals surface area contributed by atoms with E-state index in [1.165, 1.54) is 11.8 Å². The van der Waals surface area contributed by atoms with Crippen molar-refractivity contribution in [2.24, 2.45) is 0 Å². The summed E-state index contributed by atoms with van der Waals surface area (Å²) in [5.41, 5.74) is 1.65. The number of morpholine rings is 1. The first kappa shape index (κ1) is 11.2. The average Bonchev–Trinajstić information content (AvgIpc) is 2.38. The molecule has 4 nitrogen and oxygen atoms in total. The van der Waals surface area contributed by atoms with Gasteiger partial charge in [-0.2, -0.15) is 5.26 Å². The Morgan fingerprint density at radius 1 is 1.50 bits per heavy atom. The second-order valence-electron chi connectivity index (χ2n) is 3.43. The van der Waals surface area contributed by atoms with Crippen molar-refractivity contribution >= 4 is 17.4 Å². The molecule has 0 N–H and O–H groups in total. The predicted molar refractivity (Wildman–Crippen MR) is 63.8 cm³/mol. The number of hydrogen-bond donors (Lipinski definition) is 0. The van der Waals surface area contributed by atoms with E-state index in [1.807, 2.05) is 12.3 Å². The highest BCUT2D eigenvalue weighted by atomic mass is 32.2. The summed E-state index contributed by atoms with van der Waals surface area (Å²) >= 11 is 1.51. The molecule has 1 aliphatic rings. The Morgan fingerprint density at radius 2 is 2.25 bits per heavy atom. The van der Waals surface area contributed by atoms with E-state index >= 15 is 0 Å². The van der Waals surface area contributed by atoms with Gasteiger partial charge in [-0.3, -0.25) is 0 Å². The third kappa shape index (κ3) is 2.13. The fourth-order valence-corrected chi connectivity index (χ4v) is 2.28. The highest BCUT2D eigenvalue weighted by molar-refractivity contribution is 7.98. The molecule has 0 bridgehead atoms. The molecule has 1 aliphatic heterocycles. The summed E-state index contributed by atoms with van der Waals surface area (Å²) < 4.78 is 5.31. The molecule has 0 aliphatic carbocycles. The molecule has 0 unspecified atom stereocenters. The number of hydrogen-bond acceptors (Lipinski definition) is 5. The predicted octanol–water partition coefficient (Wildman–Crippen LogP) is 1.51. The van der Waals surface area contributed by atoms with E-state index in [1.54, 1.807) is 6.20 Å². The fourth-order valence-electron chi connectivity index (χ4n) is 1.76. The number of nitrogens with zero attached hydrogens (tertiary/aromatic N) is 3. The van der Waals surface area contributed by atoms with Gasteiger partial charge in [0, 0.05) is 19.3 Å². The largest absolute Gasteiger partial charge is 0.378 e. The van der Waals surface area contributed by atoms with Crippen LogP contribution in [0.3, 0.4) is 0 Å². The van der Waals surface area contributed by atoms with Crippen LogP contribution in [0, 0.1) is 11.3 Å². The number of ether oxygens (including phenoxy) is 1. The minimum Gasteiger partial charge on any atom is -0.378 e. The first-order chi connectivity index (χ1) is 7.86. The Labute approximate surface area is 99.2 Å². The molecular formula is C11H13N3OS. The van der Waals surface area contributed by atoms with Crippen molar-refractivity contribution in [2.75, 3.05) is 37.5 Å². The van der Waals surface area contributed by atoms with Gasteiger partial charge in [-0.1, -0.05) is 0 Å². The van der Waals surface area contributed by atoms with E-state index in [-0.39, 0.29) is 0 Å². The Morgan fingerprint density at radius 3 is 2.88 bits per heavy atom. The highest BCUT2D eigenvalue weighted by Gasteiger charge is 2.17. The zero-order valence-electron chi connectivity index (χ0n) is 9.14. The third-order valence-corrected chi connectivity index (χ3v) is 3.25. The molecule has 0 atom stereocenters. The van der Waals surface area contributed by atoms with Gasteiger partial charge in [-0.25, -0.2) is 4.98 Å². The molecule has 1 aromatic heterocycles. The smallest absolute Gasteiger partial charge is 0.116 e. The van der Waals surface area contributed by atoms with Gasteiger partial charge in [-0.05, 0) is 12.3 Å². The van der Waals surface area contributed by atoms with Crippen molar-refractivity contribution in [3.8, 4) is 6.07 Å². The lowest BCUT2D eigenvalue weighted by Crippen LogP contribution is -2.36. The minimum absolute atomic E-state index is 0.678. The zero-order chi connectivity index (χ0) is 11.4. The maximum atomic E-state index is 9.20. The van der Waals surface area contributed by atoms with Gasteiger partial charge in [0.2, 0.25) is 0 Å².